The first-order valence-corrected chi connectivity index (χ1v) is 8.07. The van der Waals surface area contributed by atoms with E-state index in [-0.39, 0.29) is 5.82 Å². The second-order valence-electron chi connectivity index (χ2n) is 5.78. The van der Waals surface area contributed by atoms with Crippen LogP contribution in [0.15, 0.2) is 48.7 Å². The number of H-pyrrole nitrogens is 1. The first-order chi connectivity index (χ1) is 12.7. The SMILES string of the molecule is COc1ccccc1Cn1ncc2[nH]c(-c3cc(F)ccc3OC)nc21. The van der Waals surface area contributed by atoms with E-state index in [1.54, 1.807) is 31.2 Å². The van der Waals surface area contributed by atoms with Crippen LogP contribution in [0.5, 0.6) is 11.5 Å². The molecule has 7 heteroatoms. The summed E-state index contributed by atoms with van der Waals surface area (Å²) in [5, 5.41) is 4.38. The van der Waals surface area contributed by atoms with Crippen LogP contribution in [-0.4, -0.2) is 34.0 Å². The maximum atomic E-state index is 13.7. The van der Waals surface area contributed by atoms with Crippen LogP contribution < -0.4 is 9.47 Å². The van der Waals surface area contributed by atoms with Gasteiger partial charge in [0.25, 0.3) is 0 Å². The van der Waals surface area contributed by atoms with Gasteiger partial charge in [0.05, 0.1) is 32.5 Å². The van der Waals surface area contributed by atoms with Crippen LogP contribution >= 0.6 is 0 Å². The lowest BCUT2D eigenvalue weighted by Crippen LogP contribution is -2.03. The van der Waals surface area contributed by atoms with Crippen LogP contribution in [-0.2, 0) is 6.54 Å². The van der Waals surface area contributed by atoms with Crippen molar-refractivity contribution in [2.45, 2.75) is 6.54 Å². The normalized spacial score (nSPS) is 11.0. The molecule has 2 aromatic carbocycles. The Kier molecular flexibility index (Phi) is 4.04. The maximum Gasteiger partial charge on any atom is 0.177 e. The van der Waals surface area contributed by atoms with Gasteiger partial charge in [0.1, 0.15) is 28.7 Å². The number of aromatic nitrogens is 4. The van der Waals surface area contributed by atoms with E-state index < -0.39 is 0 Å². The van der Waals surface area contributed by atoms with Gasteiger partial charge in [0.15, 0.2) is 5.65 Å². The number of ether oxygens (including phenoxy) is 2. The fraction of sp³-hybridized carbons (Fsp3) is 0.158. The Morgan fingerprint density at radius 1 is 1.08 bits per heavy atom. The molecule has 0 saturated heterocycles. The standard InChI is InChI=1S/C19H17FN4O2/c1-25-16-6-4-3-5-12(16)11-24-19-15(10-21-24)22-18(23-19)14-9-13(20)7-8-17(14)26-2/h3-10H,11H2,1-2H3,(H,22,23). The van der Waals surface area contributed by atoms with Gasteiger partial charge in [-0.15, -0.1) is 0 Å². The lowest BCUT2D eigenvalue weighted by Gasteiger charge is -2.08. The summed E-state index contributed by atoms with van der Waals surface area (Å²) in [5.74, 6) is 1.52. The van der Waals surface area contributed by atoms with E-state index in [0.717, 1.165) is 16.8 Å². The molecule has 0 radical (unpaired) electrons. The summed E-state index contributed by atoms with van der Waals surface area (Å²) in [6, 6.07) is 12.1. The van der Waals surface area contributed by atoms with E-state index in [1.807, 2.05) is 24.3 Å². The van der Waals surface area contributed by atoms with Crippen molar-refractivity contribution >= 4 is 11.2 Å². The third-order valence-electron chi connectivity index (χ3n) is 4.21. The number of methoxy groups -OCH3 is 2. The van der Waals surface area contributed by atoms with Crippen molar-refractivity contribution in [1.82, 2.24) is 19.7 Å². The number of nitrogens with zero attached hydrogens (tertiary/aromatic N) is 3. The van der Waals surface area contributed by atoms with Crippen LogP contribution in [0.25, 0.3) is 22.6 Å². The Morgan fingerprint density at radius 3 is 2.69 bits per heavy atom. The van der Waals surface area contributed by atoms with E-state index in [4.69, 9.17) is 9.47 Å². The highest BCUT2D eigenvalue weighted by Gasteiger charge is 2.15. The molecule has 2 aromatic heterocycles. The Hall–Kier alpha value is -3.35. The van der Waals surface area contributed by atoms with Crippen LogP contribution in [0, 0.1) is 5.82 Å². The average molecular weight is 352 g/mol. The highest BCUT2D eigenvalue weighted by molar-refractivity contribution is 5.77. The van der Waals surface area contributed by atoms with Crippen molar-refractivity contribution < 1.29 is 13.9 Å². The topological polar surface area (TPSA) is 65.0 Å². The zero-order valence-corrected chi connectivity index (χ0v) is 14.4. The third-order valence-corrected chi connectivity index (χ3v) is 4.21. The molecule has 4 rings (SSSR count). The van der Waals surface area contributed by atoms with Crippen molar-refractivity contribution in [3.63, 3.8) is 0 Å². The summed E-state index contributed by atoms with van der Waals surface area (Å²) in [6.07, 6.45) is 1.70. The highest BCUT2D eigenvalue weighted by atomic mass is 19.1. The van der Waals surface area contributed by atoms with E-state index in [2.05, 4.69) is 15.1 Å². The number of imidazole rings is 1. The van der Waals surface area contributed by atoms with E-state index in [0.29, 0.717) is 29.3 Å². The molecule has 132 valence electrons. The molecule has 2 heterocycles. The quantitative estimate of drug-likeness (QED) is 0.596. The molecular weight excluding hydrogens is 335 g/mol. The van der Waals surface area contributed by atoms with Gasteiger partial charge in [-0.3, -0.25) is 0 Å². The molecule has 0 fully saturated rings. The van der Waals surface area contributed by atoms with Gasteiger partial charge < -0.3 is 14.5 Å². The molecule has 0 aliphatic carbocycles. The molecule has 0 aliphatic rings. The largest absolute Gasteiger partial charge is 0.496 e. The van der Waals surface area contributed by atoms with E-state index >= 15 is 0 Å². The van der Waals surface area contributed by atoms with Crippen molar-refractivity contribution in [3.8, 4) is 22.9 Å². The number of halogens is 1. The molecule has 1 N–H and O–H groups in total. The van der Waals surface area contributed by atoms with Crippen molar-refractivity contribution in [3.05, 3.63) is 60.0 Å². The van der Waals surface area contributed by atoms with E-state index in [1.165, 1.54) is 12.1 Å². The van der Waals surface area contributed by atoms with Crippen molar-refractivity contribution in [2.24, 2.45) is 0 Å². The van der Waals surface area contributed by atoms with E-state index in [9.17, 15) is 4.39 Å². The lowest BCUT2D eigenvalue weighted by atomic mass is 10.2. The van der Waals surface area contributed by atoms with Crippen LogP contribution in [0.3, 0.4) is 0 Å². The minimum atomic E-state index is -0.350. The fourth-order valence-corrected chi connectivity index (χ4v) is 2.95. The highest BCUT2D eigenvalue weighted by Crippen LogP contribution is 2.30. The van der Waals surface area contributed by atoms with Gasteiger partial charge in [0, 0.05) is 5.56 Å². The zero-order valence-electron chi connectivity index (χ0n) is 14.4. The monoisotopic (exact) mass is 352 g/mol. The smallest absolute Gasteiger partial charge is 0.177 e. The molecule has 0 aliphatic heterocycles. The maximum absolute atomic E-state index is 13.7. The van der Waals surface area contributed by atoms with Gasteiger partial charge in [-0.25, -0.2) is 14.1 Å². The number of aromatic amines is 1. The zero-order chi connectivity index (χ0) is 18.1. The molecule has 6 nitrogen and oxygen atoms in total. The predicted molar refractivity (Wildman–Crippen MR) is 95.9 cm³/mol. The Balaban J connectivity index is 1.75. The molecule has 0 bridgehead atoms. The average Bonchev–Trinajstić information content (AvgIpc) is 3.24. The van der Waals surface area contributed by atoms with Crippen LogP contribution in [0.2, 0.25) is 0 Å². The molecule has 0 atom stereocenters. The Morgan fingerprint density at radius 2 is 1.88 bits per heavy atom. The Labute approximate surface area is 149 Å². The van der Waals surface area contributed by atoms with Gasteiger partial charge in [-0.05, 0) is 24.3 Å². The van der Waals surface area contributed by atoms with Crippen molar-refractivity contribution in [2.75, 3.05) is 14.2 Å². The molecule has 0 spiro atoms. The third kappa shape index (κ3) is 2.77. The van der Waals surface area contributed by atoms with Gasteiger partial charge in [-0.2, -0.15) is 5.10 Å². The number of hydrogen-bond donors (Lipinski definition) is 1. The second kappa shape index (κ2) is 6.51. The fourth-order valence-electron chi connectivity index (χ4n) is 2.95. The first-order valence-electron chi connectivity index (χ1n) is 8.07. The summed E-state index contributed by atoms with van der Waals surface area (Å²) in [4.78, 5) is 7.78. The molecule has 0 amide bonds. The number of nitrogens with one attached hydrogen (secondary N) is 1. The number of rotatable bonds is 5. The summed E-state index contributed by atoms with van der Waals surface area (Å²) in [5.41, 5.74) is 3.00. The minimum Gasteiger partial charge on any atom is -0.496 e. The molecule has 0 saturated carbocycles. The van der Waals surface area contributed by atoms with Gasteiger partial charge in [-0.1, -0.05) is 18.2 Å². The molecular formula is C19H17FN4O2. The molecule has 26 heavy (non-hydrogen) atoms. The summed E-state index contributed by atoms with van der Waals surface area (Å²) < 4.78 is 26.2. The lowest BCUT2D eigenvalue weighted by molar-refractivity contribution is 0.407. The number of fused-ring (bicyclic) bond motifs is 1. The molecule has 0 unspecified atom stereocenters. The van der Waals surface area contributed by atoms with Crippen LogP contribution in [0.1, 0.15) is 5.56 Å². The molecule has 4 aromatic rings. The summed E-state index contributed by atoms with van der Waals surface area (Å²) >= 11 is 0. The second-order valence-corrected chi connectivity index (χ2v) is 5.78. The van der Waals surface area contributed by atoms with Gasteiger partial charge >= 0.3 is 0 Å². The predicted octanol–water partition coefficient (Wildman–Crippen LogP) is 3.63. The number of hydrogen-bond acceptors (Lipinski definition) is 4. The Bertz CT molecular complexity index is 1070. The van der Waals surface area contributed by atoms with Gasteiger partial charge in [0.2, 0.25) is 0 Å². The van der Waals surface area contributed by atoms with Crippen molar-refractivity contribution in [1.29, 1.82) is 0 Å². The number of benzene rings is 2. The minimum absolute atomic E-state index is 0.350. The summed E-state index contributed by atoms with van der Waals surface area (Å²) in [6.45, 7) is 0.512. The van der Waals surface area contributed by atoms with Crippen LogP contribution in [0.4, 0.5) is 4.39 Å². The summed E-state index contributed by atoms with van der Waals surface area (Å²) in [7, 11) is 3.18. The number of para-hydroxylation sites is 1. The first kappa shape index (κ1) is 16.1.